The van der Waals surface area contributed by atoms with Gasteiger partial charge in [-0.2, -0.15) is 0 Å². The Kier molecular flexibility index (Phi) is 3.46. The molecule has 3 unspecified atom stereocenters. The van der Waals surface area contributed by atoms with Crippen molar-refractivity contribution < 1.29 is 19.4 Å². The Hall–Kier alpha value is -1.88. The Morgan fingerprint density at radius 3 is 2.79 bits per heavy atom. The standard InChI is InChI=1S/C19H23NO4/c1-20-7-3-6-19-10-15(22)14(21)9-12(19)13(20)8-11-4-5-16(24-2)18(23)17(11)19/h4-5,12-13,23H,3,6-10H2,1-2H3. The van der Waals surface area contributed by atoms with Crippen LogP contribution < -0.4 is 4.74 Å². The van der Waals surface area contributed by atoms with Crippen LogP contribution in [0.25, 0.3) is 0 Å². The largest absolute Gasteiger partial charge is 0.504 e. The number of nitrogens with zero attached hydrogens (tertiary/aromatic N) is 1. The van der Waals surface area contributed by atoms with Crippen molar-refractivity contribution in [3.8, 4) is 11.5 Å². The van der Waals surface area contributed by atoms with Crippen molar-refractivity contribution in [1.82, 2.24) is 4.90 Å². The topological polar surface area (TPSA) is 66.8 Å². The quantitative estimate of drug-likeness (QED) is 0.796. The molecule has 1 aromatic rings. The number of carbonyl (C=O) groups excluding carboxylic acids is 2. The molecule has 5 heteroatoms. The normalized spacial score (nSPS) is 32.8. The summed E-state index contributed by atoms with van der Waals surface area (Å²) in [6.07, 6.45) is 3.10. The number of likely N-dealkylation sites (N-methyl/N-ethyl adjacent to an activating group) is 1. The van der Waals surface area contributed by atoms with Gasteiger partial charge < -0.3 is 14.7 Å². The van der Waals surface area contributed by atoms with E-state index in [1.807, 2.05) is 6.07 Å². The molecular formula is C19H23NO4. The predicted molar refractivity (Wildman–Crippen MR) is 88.4 cm³/mol. The Balaban J connectivity index is 1.97. The van der Waals surface area contributed by atoms with E-state index in [4.69, 9.17) is 4.74 Å². The summed E-state index contributed by atoms with van der Waals surface area (Å²) in [4.78, 5) is 26.8. The number of phenolic OH excluding ortho intramolecular Hbond substituents is 1. The molecule has 4 rings (SSSR count). The predicted octanol–water partition coefficient (Wildman–Crippen LogP) is 1.84. The molecule has 1 aromatic carbocycles. The Labute approximate surface area is 141 Å². The second-order valence-electron chi connectivity index (χ2n) is 7.50. The molecule has 2 fully saturated rings. The van der Waals surface area contributed by atoms with Gasteiger partial charge in [-0.3, -0.25) is 9.59 Å². The van der Waals surface area contributed by atoms with Gasteiger partial charge in [0.05, 0.1) is 7.11 Å². The summed E-state index contributed by atoms with van der Waals surface area (Å²) in [5.41, 5.74) is 1.51. The fourth-order valence-electron chi connectivity index (χ4n) is 5.35. The highest BCUT2D eigenvalue weighted by Gasteiger charge is 2.56. The highest BCUT2D eigenvalue weighted by atomic mass is 16.5. The molecule has 0 aromatic heterocycles. The van der Waals surface area contributed by atoms with Crippen LogP contribution in [0, 0.1) is 5.92 Å². The maximum absolute atomic E-state index is 12.3. The summed E-state index contributed by atoms with van der Waals surface area (Å²) >= 11 is 0. The van der Waals surface area contributed by atoms with Crippen LogP contribution in [-0.4, -0.2) is 48.3 Å². The third-order valence-electron chi connectivity index (χ3n) is 6.44. The van der Waals surface area contributed by atoms with Crippen molar-refractivity contribution in [1.29, 1.82) is 0 Å². The van der Waals surface area contributed by atoms with Gasteiger partial charge in [0.25, 0.3) is 0 Å². The Bertz CT molecular complexity index is 728. The maximum Gasteiger partial charge on any atom is 0.199 e. The molecule has 1 heterocycles. The number of phenols is 1. The van der Waals surface area contributed by atoms with E-state index in [1.165, 1.54) is 0 Å². The van der Waals surface area contributed by atoms with Crippen LogP contribution in [-0.2, 0) is 21.4 Å². The number of hydrogen-bond acceptors (Lipinski definition) is 5. The summed E-state index contributed by atoms with van der Waals surface area (Å²) in [6, 6.07) is 4.05. The molecule has 0 spiro atoms. The second-order valence-corrected chi connectivity index (χ2v) is 7.50. The molecule has 1 aliphatic heterocycles. The number of carbonyl (C=O) groups is 2. The van der Waals surface area contributed by atoms with Gasteiger partial charge in [-0.1, -0.05) is 6.07 Å². The van der Waals surface area contributed by atoms with Crippen molar-refractivity contribution in [2.75, 3.05) is 20.7 Å². The number of ether oxygens (including phenoxy) is 1. The first-order valence-electron chi connectivity index (χ1n) is 8.63. The number of fused-ring (bicyclic) bond motifs is 1. The number of Topliss-reactive ketones (excluding diaryl/α,β-unsaturated/α-hetero) is 2. The van der Waals surface area contributed by atoms with Crippen molar-refractivity contribution in [2.24, 2.45) is 5.92 Å². The fraction of sp³-hybridized carbons (Fsp3) is 0.579. The molecule has 0 radical (unpaired) electrons. The lowest BCUT2D eigenvalue weighted by Gasteiger charge is -2.51. The number of rotatable bonds is 1. The van der Waals surface area contributed by atoms with Crippen LogP contribution in [0.3, 0.4) is 0 Å². The minimum Gasteiger partial charge on any atom is -0.504 e. The van der Waals surface area contributed by atoms with E-state index in [2.05, 4.69) is 11.9 Å². The SMILES string of the molecule is COc1ccc2c(c1O)C13CCCN(C)C(C2)C1CC(=O)C(=O)C3. The average molecular weight is 329 g/mol. The molecule has 128 valence electrons. The first-order valence-corrected chi connectivity index (χ1v) is 8.63. The average Bonchev–Trinajstić information content (AvgIpc) is 2.63. The first-order chi connectivity index (χ1) is 11.5. The molecule has 1 saturated heterocycles. The number of aromatic hydroxyl groups is 1. The zero-order valence-electron chi connectivity index (χ0n) is 14.2. The summed E-state index contributed by atoms with van der Waals surface area (Å²) in [6.45, 7) is 0.956. The van der Waals surface area contributed by atoms with E-state index in [9.17, 15) is 14.7 Å². The van der Waals surface area contributed by atoms with Gasteiger partial charge in [0, 0.05) is 29.9 Å². The van der Waals surface area contributed by atoms with Gasteiger partial charge in [-0.15, -0.1) is 0 Å². The highest BCUT2D eigenvalue weighted by Crippen LogP contribution is 2.57. The molecule has 5 nitrogen and oxygen atoms in total. The van der Waals surface area contributed by atoms with Gasteiger partial charge in [0.2, 0.25) is 0 Å². The van der Waals surface area contributed by atoms with E-state index >= 15 is 0 Å². The minimum atomic E-state index is -0.438. The van der Waals surface area contributed by atoms with Crippen molar-refractivity contribution >= 4 is 11.6 Å². The van der Waals surface area contributed by atoms with Crippen LogP contribution in [0.15, 0.2) is 12.1 Å². The van der Waals surface area contributed by atoms with Gasteiger partial charge in [0.15, 0.2) is 23.1 Å². The van der Waals surface area contributed by atoms with Crippen LogP contribution in [0.2, 0.25) is 0 Å². The maximum atomic E-state index is 12.3. The molecular weight excluding hydrogens is 306 g/mol. The van der Waals surface area contributed by atoms with E-state index < -0.39 is 5.41 Å². The lowest BCUT2D eigenvalue weighted by molar-refractivity contribution is -0.142. The van der Waals surface area contributed by atoms with Crippen LogP contribution in [0.5, 0.6) is 11.5 Å². The van der Waals surface area contributed by atoms with Gasteiger partial charge in [0.1, 0.15) is 0 Å². The van der Waals surface area contributed by atoms with Crippen molar-refractivity contribution in [3.05, 3.63) is 23.3 Å². The smallest absolute Gasteiger partial charge is 0.199 e. The van der Waals surface area contributed by atoms with E-state index in [-0.39, 0.29) is 35.7 Å². The summed E-state index contributed by atoms with van der Waals surface area (Å²) in [5, 5.41) is 10.9. The number of ketones is 2. The lowest BCUT2D eigenvalue weighted by Crippen LogP contribution is -2.55. The summed E-state index contributed by atoms with van der Waals surface area (Å²) in [7, 11) is 3.65. The minimum absolute atomic E-state index is 0.0840. The monoisotopic (exact) mass is 329 g/mol. The fourth-order valence-corrected chi connectivity index (χ4v) is 5.35. The van der Waals surface area contributed by atoms with Crippen LogP contribution in [0.1, 0.15) is 36.8 Å². The van der Waals surface area contributed by atoms with Crippen molar-refractivity contribution in [2.45, 2.75) is 43.6 Å². The van der Waals surface area contributed by atoms with Gasteiger partial charge in [-0.05, 0) is 50.4 Å². The third-order valence-corrected chi connectivity index (χ3v) is 6.44. The zero-order valence-corrected chi connectivity index (χ0v) is 14.2. The Morgan fingerprint density at radius 2 is 2.04 bits per heavy atom. The molecule has 1 saturated carbocycles. The van der Waals surface area contributed by atoms with Crippen molar-refractivity contribution in [3.63, 3.8) is 0 Å². The zero-order chi connectivity index (χ0) is 17.1. The number of benzene rings is 1. The molecule has 24 heavy (non-hydrogen) atoms. The number of methoxy groups -OCH3 is 1. The van der Waals surface area contributed by atoms with E-state index in [0.717, 1.165) is 36.9 Å². The van der Waals surface area contributed by atoms with E-state index in [1.54, 1.807) is 13.2 Å². The van der Waals surface area contributed by atoms with Gasteiger partial charge in [-0.25, -0.2) is 0 Å². The summed E-state index contributed by atoms with van der Waals surface area (Å²) in [5.74, 6) is 0.152. The molecule has 0 amide bonds. The summed E-state index contributed by atoms with van der Waals surface area (Å²) < 4.78 is 5.31. The third kappa shape index (κ3) is 1.97. The van der Waals surface area contributed by atoms with Crippen LogP contribution >= 0.6 is 0 Å². The second kappa shape index (κ2) is 5.31. The van der Waals surface area contributed by atoms with E-state index in [0.29, 0.717) is 12.2 Å². The molecule has 3 atom stereocenters. The first kappa shape index (κ1) is 15.6. The molecule has 2 aliphatic carbocycles. The lowest BCUT2D eigenvalue weighted by atomic mass is 9.53. The van der Waals surface area contributed by atoms with Gasteiger partial charge >= 0.3 is 0 Å². The number of likely N-dealkylation sites (tertiary alicyclic amines) is 1. The Morgan fingerprint density at radius 1 is 1.25 bits per heavy atom. The number of hydrogen-bond donors (Lipinski definition) is 1. The molecule has 2 bridgehead atoms. The molecule has 1 N–H and O–H groups in total. The molecule has 3 aliphatic rings. The van der Waals surface area contributed by atoms with Crippen LogP contribution in [0.4, 0.5) is 0 Å². The highest BCUT2D eigenvalue weighted by molar-refractivity contribution is 6.38.